The number of aromatic nitrogens is 2. The van der Waals surface area contributed by atoms with Gasteiger partial charge >= 0.3 is 0 Å². The summed E-state index contributed by atoms with van der Waals surface area (Å²) in [6, 6.07) is 10.5. The highest BCUT2D eigenvalue weighted by molar-refractivity contribution is 9.10. The molecule has 0 N–H and O–H groups in total. The maximum Gasteiger partial charge on any atom is 0.197 e. The number of aryl methyl sites for hydroxylation is 1. The number of halogens is 1. The van der Waals surface area contributed by atoms with Gasteiger partial charge in [0.25, 0.3) is 0 Å². The molecule has 2 rings (SSSR count). The lowest BCUT2D eigenvalue weighted by molar-refractivity contribution is 1.06. The first-order valence-electron chi connectivity index (χ1n) is 5.83. The molecule has 2 nitrogen and oxygen atoms in total. The minimum Gasteiger partial charge on any atom is -0.227 e. The van der Waals surface area contributed by atoms with Gasteiger partial charge in [0, 0.05) is 21.4 Å². The van der Waals surface area contributed by atoms with Gasteiger partial charge < -0.3 is 0 Å². The second-order valence-corrected chi connectivity index (χ2v) is 6.71. The summed E-state index contributed by atoms with van der Waals surface area (Å²) in [7, 11) is 0. The van der Waals surface area contributed by atoms with Crippen LogP contribution in [-0.4, -0.2) is 15.2 Å². The molecule has 0 fully saturated rings. The van der Waals surface area contributed by atoms with Crippen molar-refractivity contribution in [3.05, 3.63) is 40.8 Å². The quantitative estimate of drug-likeness (QED) is 0.604. The first kappa shape index (κ1) is 13.6. The normalized spacial score (nSPS) is 10.9. The number of nitrogens with zero attached hydrogens (tertiary/aromatic N) is 2. The molecule has 0 aliphatic heterocycles. The van der Waals surface area contributed by atoms with Gasteiger partial charge in [-0.25, -0.2) is 9.97 Å². The van der Waals surface area contributed by atoms with E-state index in [4.69, 9.17) is 0 Å². The first-order chi connectivity index (χ1) is 8.54. The zero-order chi connectivity index (χ0) is 13.1. The van der Waals surface area contributed by atoms with Crippen molar-refractivity contribution >= 4 is 27.7 Å². The maximum atomic E-state index is 4.39. The van der Waals surface area contributed by atoms with E-state index in [0.29, 0.717) is 9.98 Å². The Balaban J connectivity index is 2.28. The van der Waals surface area contributed by atoms with Crippen LogP contribution in [0.15, 0.2) is 40.0 Å². The summed E-state index contributed by atoms with van der Waals surface area (Å²) < 4.78 is 0.637. The summed E-state index contributed by atoms with van der Waals surface area (Å²) >= 11 is 5.20. The fraction of sp³-hybridized carbons (Fsp3) is 0.286. The van der Waals surface area contributed by atoms with Gasteiger partial charge in [-0.15, -0.1) is 11.8 Å². The highest BCUT2D eigenvalue weighted by Crippen LogP contribution is 2.26. The molecule has 0 unspecified atom stereocenters. The summed E-state index contributed by atoms with van der Waals surface area (Å²) in [5.41, 5.74) is 3.04. The topological polar surface area (TPSA) is 25.8 Å². The molecular weight excluding hydrogens is 308 g/mol. The molecule has 0 atom stereocenters. The van der Waals surface area contributed by atoms with Gasteiger partial charge in [0.15, 0.2) is 4.73 Å². The van der Waals surface area contributed by atoms with E-state index in [0.717, 1.165) is 17.0 Å². The fourth-order valence-electron chi connectivity index (χ4n) is 1.66. The zero-order valence-corrected chi connectivity index (χ0v) is 13.0. The predicted octanol–water partition coefficient (Wildman–Crippen LogP) is 4.72. The Kier molecular flexibility index (Phi) is 4.40. The molecule has 18 heavy (non-hydrogen) atoms. The summed E-state index contributed by atoms with van der Waals surface area (Å²) in [6.07, 6.45) is 0. The van der Waals surface area contributed by atoms with E-state index in [1.807, 2.05) is 24.8 Å². The van der Waals surface area contributed by atoms with Crippen LogP contribution in [-0.2, 0) is 0 Å². The summed E-state index contributed by atoms with van der Waals surface area (Å²) in [6.45, 7) is 6.37. The molecule has 0 saturated carbocycles. The molecule has 1 heterocycles. The van der Waals surface area contributed by atoms with Crippen LogP contribution < -0.4 is 0 Å². The Bertz CT molecular complexity index is 518. The van der Waals surface area contributed by atoms with Gasteiger partial charge in [-0.2, -0.15) is 0 Å². The standard InChI is InChI=1S/C14H15BrN2S/c1-9(2)18-12-6-4-11(5-7-12)13-8-10(3)16-14(15)17-13/h4-9H,1-3H3. The second kappa shape index (κ2) is 5.85. The molecule has 0 aliphatic carbocycles. The Morgan fingerprint density at radius 2 is 1.78 bits per heavy atom. The first-order valence-corrected chi connectivity index (χ1v) is 7.50. The Labute approximate surface area is 120 Å². The Hall–Kier alpha value is -0.870. The molecule has 1 aromatic carbocycles. The van der Waals surface area contributed by atoms with E-state index in [1.165, 1.54) is 4.90 Å². The van der Waals surface area contributed by atoms with Crippen molar-refractivity contribution in [3.8, 4) is 11.3 Å². The molecule has 94 valence electrons. The van der Waals surface area contributed by atoms with E-state index in [1.54, 1.807) is 0 Å². The van der Waals surface area contributed by atoms with Gasteiger partial charge in [0.1, 0.15) is 0 Å². The number of benzene rings is 1. The van der Waals surface area contributed by atoms with Gasteiger partial charge in [-0.05, 0) is 41.1 Å². The van der Waals surface area contributed by atoms with Crippen LogP contribution in [0.2, 0.25) is 0 Å². The largest absolute Gasteiger partial charge is 0.227 e. The second-order valence-electron chi connectivity index (χ2n) is 4.35. The van der Waals surface area contributed by atoms with Gasteiger partial charge in [-0.3, -0.25) is 0 Å². The maximum absolute atomic E-state index is 4.39. The molecule has 0 spiro atoms. The van der Waals surface area contributed by atoms with E-state index in [2.05, 4.69) is 64.0 Å². The van der Waals surface area contributed by atoms with Crippen molar-refractivity contribution in [2.24, 2.45) is 0 Å². The van der Waals surface area contributed by atoms with Crippen LogP contribution in [0.5, 0.6) is 0 Å². The Morgan fingerprint density at radius 1 is 1.11 bits per heavy atom. The lowest BCUT2D eigenvalue weighted by Gasteiger charge is -2.06. The summed E-state index contributed by atoms with van der Waals surface area (Å²) in [5, 5.41) is 0.603. The number of thioether (sulfide) groups is 1. The smallest absolute Gasteiger partial charge is 0.197 e. The monoisotopic (exact) mass is 322 g/mol. The molecule has 4 heteroatoms. The van der Waals surface area contributed by atoms with Crippen LogP contribution in [0.1, 0.15) is 19.5 Å². The van der Waals surface area contributed by atoms with E-state index in [9.17, 15) is 0 Å². The van der Waals surface area contributed by atoms with Crippen molar-refractivity contribution < 1.29 is 0 Å². The van der Waals surface area contributed by atoms with E-state index in [-0.39, 0.29) is 0 Å². The van der Waals surface area contributed by atoms with Gasteiger partial charge in [0.2, 0.25) is 0 Å². The fourth-order valence-corrected chi connectivity index (χ4v) is 2.96. The molecule has 1 aromatic heterocycles. The predicted molar refractivity (Wildman–Crippen MR) is 80.9 cm³/mol. The SMILES string of the molecule is Cc1cc(-c2ccc(SC(C)C)cc2)nc(Br)n1. The minimum absolute atomic E-state index is 0.603. The average Bonchev–Trinajstić information content (AvgIpc) is 2.27. The summed E-state index contributed by atoms with van der Waals surface area (Å²) in [4.78, 5) is 9.90. The highest BCUT2D eigenvalue weighted by atomic mass is 79.9. The molecule has 0 aliphatic rings. The summed E-state index contributed by atoms with van der Waals surface area (Å²) in [5.74, 6) is 0. The van der Waals surface area contributed by atoms with Gasteiger partial charge in [0.05, 0.1) is 5.69 Å². The third kappa shape index (κ3) is 3.56. The lowest BCUT2D eigenvalue weighted by Crippen LogP contribution is -1.91. The molecule has 0 bridgehead atoms. The van der Waals surface area contributed by atoms with E-state index >= 15 is 0 Å². The van der Waals surface area contributed by atoms with Crippen molar-refractivity contribution in [1.82, 2.24) is 9.97 Å². The molecule has 2 aromatic rings. The molecule has 0 saturated heterocycles. The number of hydrogen-bond acceptors (Lipinski definition) is 3. The molecular formula is C14H15BrN2S. The average molecular weight is 323 g/mol. The van der Waals surface area contributed by atoms with Crippen molar-refractivity contribution in [1.29, 1.82) is 0 Å². The van der Waals surface area contributed by atoms with Crippen molar-refractivity contribution in [2.75, 3.05) is 0 Å². The Morgan fingerprint density at radius 3 is 2.33 bits per heavy atom. The van der Waals surface area contributed by atoms with E-state index < -0.39 is 0 Å². The van der Waals surface area contributed by atoms with Crippen LogP contribution >= 0.6 is 27.7 Å². The molecule has 0 radical (unpaired) electrons. The highest BCUT2D eigenvalue weighted by Gasteiger charge is 2.04. The number of hydrogen-bond donors (Lipinski definition) is 0. The third-order valence-electron chi connectivity index (χ3n) is 2.35. The number of rotatable bonds is 3. The lowest BCUT2D eigenvalue weighted by atomic mass is 10.1. The van der Waals surface area contributed by atoms with Crippen molar-refractivity contribution in [3.63, 3.8) is 0 Å². The third-order valence-corrected chi connectivity index (χ3v) is 3.72. The van der Waals surface area contributed by atoms with Crippen LogP contribution in [0.3, 0.4) is 0 Å². The van der Waals surface area contributed by atoms with Crippen molar-refractivity contribution in [2.45, 2.75) is 30.9 Å². The van der Waals surface area contributed by atoms with Gasteiger partial charge in [-0.1, -0.05) is 26.0 Å². The van der Waals surface area contributed by atoms with Crippen LogP contribution in [0.25, 0.3) is 11.3 Å². The zero-order valence-electron chi connectivity index (χ0n) is 10.6. The molecule has 0 amide bonds. The van der Waals surface area contributed by atoms with Crippen LogP contribution in [0.4, 0.5) is 0 Å². The minimum atomic E-state index is 0.603. The van der Waals surface area contributed by atoms with Crippen LogP contribution in [0, 0.1) is 6.92 Å².